The number of hydrogen-bond donors (Lipinski definition) is 2. The van der Waals surface area contributed by atoms with Crippen molar-refractivity contribution in [3.05, 3.63) is 65.7 Å². The number of carbonyl (C=O) groups excluding carboxylic acids is 1. The van der Waals surface area contributed by atoms with Gasteiger partial charge in [0.15, 0.2) is 5.11 Å². The molecule has 142 valence electrons. The lowest BCUT2D eigenvalue weighted by atomic mass is 9.79. The van der Waals surface area contributed by atoms with Crippen LogP contribution in [0.1, 0.15) is 48.5 Å². The third kappa shape index (κ3) is 4.86. The largest absolute Gasteiger partial charge is 0.462 e. The first kappa shape index (κ1) is 19.4. The Morgan fingerprint density at radius 1 is 1.07 bits per heavy atom. The molecule has 0 aromatic heterocycles. The third-order valence-corrected chi connectivity index (χ3v) is 5.43. The minimum atomic E-state index is -0.309. The van der Waals surface area contributed by atoms with Gasteiger partial charge in [0, 0.05) is 17.6 Å². The summed E-state index contributed by atoms with van der Waals surface area (Å²) in [6, 6.07) is 17.9. The summed E-state index contributed by atoms with van der Waals surface area (Å²) in [4.78, 5) is 11.7. The topological polar surface area (TPSA) is 50.4 Å². The molecular formula is C22H26N2O2S. The van der Waals surface area contributed by atoms with Crippen LogP contribution in [0.4, 0.5) is 5.69 Å². The Morgan fingerprint density at radius 3 is 2.37 bits per heavy atom. The van der Waals surface area contributed by atoms with E-state index >= 15 is 0 Å². The fourth-order valence-electron chi connectivity index (χ4n) is 3.74. The first-order chi connectivity index (χ1) is 13.1. The normalized spacial score (nSPS) is 15.1. The number of carbonyl (C=O) groups is 1. The van der Waals surface area contributed by atoms with E-state index in [9.17, 15) is 4.79 Å². The van der Waals surface area contributed by atoms with Gasteiger partial charge in [0.05, 0.1) is 12.2 Å². The van der Waals surface area contributed by atoms with E-state index in [2.05, 4.69) is 41.0 Å². The molecule has 1 fully saturated rings. The number of nitrogens with one attached hydrogen (secondary N) is 2. The molecule has 2 N–H and O–H groups in total. The maximum absolute atomic E-state index is 11.7. The number of ether oxygens (including phenoxy) is 1. The van der Waals surface area contributed by atoms with E-state index in [1.54, 1.807) is 19.1 Å². The highest BCUT2D eigenvalue weighted by Crippen LogP contribution is 2.40. The molecule has 3 rings (SSSR count). The molecule has 0 saturated heterocycles. The van der Waals surface area contributed by atoms with Crippen molar-refractivity contribution in [2.45, 2.75) is 38.0 Å². The fraction of sp³-hybridized carbons (Fsp3) is 0.364. The van der Waals surface area contributed by atoms with Gasteiger partial charge in [-0.2, -0.15) is 0 Å². The number of rotatable bonds is 6. The average Bonchev–Trinajstić information content (AvgIpc) is 3.18. The zero-order valence-electron chi connectivity index (χ0n) is 15.7. The molecule has 2 aromatic rings. The monoisotopic (exact) mass is 382 g/mol. The van der Waals surface area contributed by atoms with Crippen molar-refractivity contribution in [2.75, 3.05) is 18.5 Å². The lowest BCUT2D eigenvalue weighted by Crippen LogP contribution is -2.40. The number of thiocarbonyl (C=S) groups is 1. The van der Waals surface area contributed by atoms with Gasteiger partial charge in [0.25, 0.3) is 0 Å². The Kier molecular flexibility index (Phi) is 6.45. The van der Waals surface area contributed by atoms with E-state index in [1.165, 1.54) is 31.2 Å². The number of anilines is 1. The minimum absolute atomic E-state index is 0.154. The lowest BCUT2D eigenvalue weighted by molar-refractivity contribution is 0.0526. The standard InChI is InChI=1S/C22H26N2O2S/c1-2-26-20(25)17-10-12-19(13-11-17)24-21(27)23-16-22(14-6-7-15-22)18-8-4-3-5-9-18/h3-5,8-13H,2,6-7,14-16H2,1H3,(H2,23,24,27). The Bertz CT molecular complexity index is 769. The summed E-state index contributed by atoms with van der Waals surface area (Å²) in [5.41, 5.74) is 2.92. The Labute approximate surface area is 166 Å². The minimum Gasteiger partial charge on any atom is -0.462 e. The van der Waals surface area contributed by atoms with Crippen LogP contribution in [0, 0.1) is 0 Å². The van der Waals surface area contributed by atoms with Crippen LogP contribution in [-0.4, -0.2) is 24.2 Å². The summed E-state index contributed by atoms with van der Waals surface area (Å²) in [7, 11) is 0. The average molecular weight is 383 g/mol. The molecule has 27 heavy (non-hydrogen) atoms. The zero-order chi connectivity index (χ0) is 19.1. The SMILES string of the molecule is CCOC(=O)c1ccc(NC(=S)NCC2(c3ccccc3)CCCC2)cc1. The van der Waals surface area contributed by atoms with E-state index < -0.39 is 0 Å². The number of esters is 1. The molecule has 0 unspecified atom stereocenters. The molecule has 0 spiro atoms. The van der Waals surface area contributed by atoms with Crippen LogP contribution < -0.4 is 10.6 Å². The first-order valence-electron chi connectivity index (χ1n) is 9.50. The van der Waals surface area contributed by atoms with Gasteiger partial charge in [-0.25, -0.2) is 4.79 Å². The second-order valence-electron chi connectivity index (χ2n) is 6.96. The summed E-state index contributed by atoms with van der Waals surface area (Å²) in [6.45, 7) is 2.99. The molecule has 0 atom stereocenters. The molecule has 5 heteroatoms. The van der Waals surface area contributed by atoms with Gasteiger partial charge in [-0.1, -0.05) is 43.2 Å². The van der Waals surface area contributed by atoms with Crippen molar-refractivity contribution in [1.29, 1.82) is 0 Å². The van der Waals surface area contributed by atoms with Gasteiger partial charge in [-0.15, -0.1) is 0 Å². The molecule has 0 radical (unpaired) electrons. The van der Waals surface area contributed by atoms with E-state index in [0.29, 0.717) is 17.3 Å². The third-order valence-electron chi connectivity index (χ3n) is 5.19. The first-order valence-corrected chi connectivity index (χ1v) is 9.91. The van der Waals surface area contributed by atoms with Gasteiger partial charge in [0.2, 0.25) is 0 Å². The highest BCUT2D eigenvalue weighted by molar-refractivity contribution is 7.80. The Hall–Kier alpha value is -2.40. The van der Waals surface area contributed by atoms with Gasteiger partial charge in [0.1, 0.15) is 0 Å². The molecule has 2 aromatic carbocycles. The van der Waals surface area contributed by atoms with Crippen LogP contribution in [0.25, 0.3) is 0 Å². The van der Waals surface area contributed by atoms with Gasteiger partial charge < -0.3 is 15.4 Å². The molecule has 1 saturated carbocycles. The second kappa shape index (κ2) is 9.00. The smallest absolute Gasteiger partial charge is 0.338 e. The van der Waals surface area contributed by atoms with Crippen LogP contribution in [0.15, 0.2) is 54.6 Å². The van der Waals surface area contributed by atoms with Gasteiger partial charge in [-0.3, -0.25) is 0 Å². The molecule has 4 nitrogen and oxygen atoms in total. The van der Waals surface area contributed by atoms with Crippen molar-refractivity contribution >= 4 is 29.0 Å². The molecule has 1 aliphatic rings. The molecule has 0 heterocycles. The number of benzene rings is 2. The van der Waals surface area contributed by atoms with E-state index in [0.717, 1.165) is 12.2 Å². The van der Waals surface area contributed by atoms with Crippen molar-refractivity contribution in [2.24, 2.45) is 0 Å². The van der Waals surface area contributed by atoms with Crippen LogP contribution in [0.3, 0.4) is 0 Å². The molecule has 1 aliphatic carbocycles. The highest BCUT2D eigenvalue weighted by Gasteiger charge is 2.35. The highest BCUT2D eigenvalue weighted by atomic mass is 32.1. The Balaban J connectivity index is 1.58. The van der Waals surface area contributed by atoms with Crippen molar-refractivity contribution in [3.63, 3.8) is 0 Å². The van der Waals surface area contributed by atoms with Gasteiger partial charge in [-0.05, 0) is 61.8 Å². The summed E-state index contributed by atoms with van der Waals surface area (Å²) >= 11 is 5.48. The summed E-state index contributed by atoms with van der Waals surface area (Å²) in [5.74, 6) is -0.309. The fourth-order valence-corrected chi connectivity index (χ4v) is 3.93. The summed E-state index contributed by atoms with van der Waals surface area (Å²) < 4.78 is 5.00. The molecule has 0 aliphatic heterocycles. The summed E-state index contributed by atoms with van der Waals surface area (Å²) in [5, 5.41) is 7.20. The second-order valence-corrected chi connectivity index (χ2v) is 7.37. The lowest BCUT2D eigenvalue weighted by Gasteiger charge is -2.30. The Morgan fingerprint density at radius 2 is 1.74 bits per heavy atom. The van der Waals surface area contributed by atoms with E-state index in [1.807, 2.05) is 12.1 Å². The molecule has 0 bridgehead atoms. The maximum Gasteiger partial charge on any atom is 0.338 e. The van der Waals surface area contributed by atoms with Crippen LogP contribution in [0.5, 0.6) is 0 Å². The van der Waals surface area contributed by atoms with E-state index in [-0.39, 0.29) is 11.4 Å². The molecular weight excluding hydrogens is 356 g/mol. The zero-order valence-corrected chi connectivity index (χ0v) is 16.5. The van der Waals surface area contributed by atoms with Gasteiger partial charge >= 0.3 is 5.97 Å². The van der Waals surface area contributed by atoms with Crippen molar-refractivity contribution in [3.8, 4) is 0 Å². The predicted molar refractivity (Wildman–Crippen MR) is 113 cm³/mol. The van der Waals surface area contributed by atoms with Crippen LogP contribution >= 0.6 is 12.2 Å². The summed E-state index contributed by atoms with van der Waals surface area (Å²) in [6.07, 6.45) is 4.87. The van der Waals surface area contributed by atoms with Crippen molar-refractivity contribution < 1.29 is 9.53 Å². The van der Waals surface area contributed by atoms with Crippen LogP contribution in [0.2, 0.25) is 0 Å². The maximum atomic E-state index is 11.7. The quantitative estimate of drug-likeness (QED) is 0.562. The number of hydrogen-bond acceptors (Lipinski definition) is 3. The predicted octanol–water partition coefficient (Wildman–Crippen LogP) is 4.66. The van der Waals surface area contributed by atoms with E-state index in [4.69, 9.17) is 17.0 Å². The molecule has 0 amide bonds. The van der Waals surface area contributed by atoms with Crippen molar-refractivity contribution in [1.82, 2.24) is 5.32 Å². The van der Waals surface area contributed by atoms with Crippen LogP contribution in [-0.2, 0) is 10.2 Å².